The Morgan fingerprint density at radius 3 is 2.35 bits per heavy atom. The zero-order valence-electron chi connectivity index (χ0n) is 13.2. The first-order valence-electron chi connectivity index (χ1n) is 6.64. The van der Waals surface area contributed by atoms with Crippen molar-refractivity contribution < 1.29 is 52.8 Å². The summed E-state index contributed by atoms with van der Waals surface area (Å²) in [5.41, 5.74) is -0.0293. The van der Waals surface area contributed by atoms with E-state index in [0.717, 1.165) is 12.4 Å². The third kappa shape index (κ3) is 7.68. The Morgan fingerprint density at radius 1 is 1.27 bits per heavy atom. The van der Waals surface area contributed by atoms with Crippen molar-refractivity contribution in [3.63, 3.8) is 0 Å². The first-order valence-corrected chi connectivity index (χ1v) is 9.70. The fraction of sp³-hybridized carbons (Fsp3) is 0.364. The normalized spacial score (nSPS) is 13.9. The number of nitrogens with zero attached hydrogens (tertiary/aromatic N) is 2. The van der Waals surface area contributed by atoms with Crippen LogP contribution in [-0.2, 0) is 29.6 Å². The number of carboxylic acids is 1. The topological polar surface area (TPSA) is 216 Å². The highest BCUT2D eigenvalue weighted by molar-refractivity contribution is 7.46. The summed E-state index contributed by atoms with van der Waals surface area (Å²) in [6.07, 6.45) is 1.98. The minimum Gasteiger partial charge on any atom is -0.505 e. The number of carbonyl (C=O) groups is 1. The number of aliphatic carboxylic acids is 1. The van der Waals surface area contributed by atoms with Gasteiger partial charge in [0, 0.05) is 23.5 Å². The summed E-state index contributed by atoms with van der Waals surface area (Å²) < 4.78 is 29.8. The van der Waals surface area contributed by atoms with Crippen LogP contribution in [0.3, 0.4) is 0 Å². The third-order valence-corrected chi connectivity index (χ3v) is 3.77. The molecule has 0 saturated carbocycles. The van der Waals surface area contributed by atoms with Crippen molar-refractivity contribution in [2.75, 3.05) is 6.61 Å². The van der Waals surface area contributed by atoms with E-state index in [1.165, 1.54) is 6.92 Å². The molecule has 0 unspecified atom stereocenters. The predicted octanol–water partition coefficient (Wildman–Crippen LogP) is -0.314. The smallest absolute Gasteiger partial charge is 0.469 e. The Morgan fingerprint density at radius 2 is 1.85 bits per heavy atom. The van der Waals surface area contributed by atoms with Gasteiger partial charge in [-0.2, -0.15) is 0 Å². The van der Waals surface area contributed by atoms with E-state index in [2.05, 4.69) is 19.0 Å². The fourth-order valence-corrected chi connectivity index (χ4v) is 2.22. The summed E-state index contributed by atoms with van der Waals surface area (Å²) in [6, 6.07) is -1.72. The molecule has 0 aliphatic rings. The van der Waals surface area contributed by atoms with Crippen molar-refractivity contribution in [1.82, 2.24) is 4.98 Å². The quantitative estimate of drug-likeness (QED) is 0.226. The highest BCUT2D eigenvalue weighted by Gasteiger charge is 2.23. The second-order valence-electron chi connectivity index (χ2n) is 4.81. The maximum atomic E-state index is 11.1. The molecule has 13 nitrogen and oxygen atoms in total. The standard InChI is InChI=1S/C11H16N2O11P2/c1-6-10(14)8(7(2-12-6)4-23-25(17,18)19)3-13-9(11(15)16)5-24-26(20,21)22/h2-3,9,14H,4-5H2,1H3,(H,15,16)(H2,17,18,19)(H2,20,21,22)/t9-/m0/s1. The molecule has 146 valence electrons. The van der Waals surface area contributed by atoms with E-state index in [-0.39, 0.29) is 16.8 Å². The van der Waals surface area contributed by atoms with Crippen LogP contribution in [0.5, 0.6) is 5.75 Å². The number of pyridine rings is 1. The van der Waals surface area contributed by atoms with Crippen LogP contribution < -0.4 is 0 Å². The Bertz CT molecular complexity index is 785. The molecular formula is C11H16N2O11P2. The highest BCUT2D eigenvalue weighted by Crippen LogP contribution is 2.38. The minimum absolute atomic E-state index is 0.0137. The SMILES string of the molecule is Cc1ncc(COP(=O)(O)O)c(C=N[C@@H](COP(=O)(O)O)C(=O)O)c1O. The second-order valence-corrected chi connectivity index (χ2v) is 7.29. The largest absolute Gasteiger partial charge is 0.505 e. The van der Waals surface area contributed by atoms with E-state index in [0.29, 0.717) is 0 Å². The number of rotatable bonds is 9. The molecule has 15 heteroatoms. The van der Waals surface area contributed by atoms with Crippen LogP contribution in [-0.4, -0.2) is 59.6 Å². The molecule has 6 N–H and O–H groups in total. The molecule has 1 aromatic heterocycles. The van der Waals surface area contributed by atoms with Gasteiger partial charge in [-0.25, -0.2) is 13.9 Å². The number of hydrogen-bond donors (Lipinski definition) is 6. The average molecular weight is 414 g/mol. The summed E-state index contributed by atoms with van der Waals surface area (Å²) in [5, 5.41) is 19.0. The molecule has 1 aromatic rings. The molecule has 0 bridgehead atoms. The molecule has 0 radical (unpaired) electrons. The molecule has 1 rings (SSSR count). The molecule has 0 amide bonds. The molecule has 0 aromatic carbocycles. The van der Waals surface area contributed by atoms with Gasteiger partial charge in [-0.1, -0.05) is 0 Å². The van der Waals surface area contributed by atoms with Gasteiger partial charge in [-0.15, -0.1) is 0 Å². The summed E-state index contributed by atoms with van der Waals surface area (Å²) in [5.74, 6) is -2.01. The number of phosphoric ester groups is 2. The van der Waals surface area contributed by atoms with Crippen LogP contribution in [0.2, 0.25) is 0 Å². The summed E-state index contributed by atoms with van der Waals surface area (Å²) in [4.78, 5) is 53.1. The van der Waals surface area contributed by atoms with Gasteiger partial charge in [0.15, 0.2) is 6.04 Å². The highest BCUT2D eigenvalue weighted by atomic mass is 31.2. The predicted molar refractivity (Wildman–Crippen MR) is 84.5 cm³/mol. The summed E-state index contributed by atoms with van der Waals surface area (Å²) >= 11 is 0. The van der Waals surface area contributed by atoms with Crippen LogP contribution >= 0.6 is 15.6 Å². The zero-order chi connectivity index (χ0) is 20.1. The molecule has 0 saturated heterocycles. The van der Waals surface area contributed by atoms with Gasteiger partial charge < -0.3 is 29.8 Å². The van der Waals surface area contributed by atoms with Gasteiger partial charge >= 0.3 is 21.6 Å². The molecule has 1 atom stereocenters. The van der Waals surface area contributed by atoms with Crippen LogP contribution in [0.15, 0.2) is 11.2 Å². The Labute approximate surface area is 146 Å². The molecule has 0 spiro atoms. The Hall–Kier alpha value is -1.69. The van der Waals surface area contributed by atoms with E-state index < -0.39 is 46.6 Å². The van der Waals surface area contributed by atoms with Gasteiger partial charge in [-0.05, 0) is 6.92 Å². The zero-order valence-corrected chi connectivity index (χ0v) is 14.9. The fourth-order valence-electron chi connectivity index (χ4n) is 1.58. The van der Waals surface area contributed by atoms with E-state index in [1.54, 1.807) is 0 Å². The number of aromatic hydroxyl groups is 1. The molecule has 26 heavy (non-hydrogen) atoms. The van der Waals surface area contributed by atoms with E-state index in [4.69, 9.17) is 24.7 Å². The minimum atomic E-state index is -4.91. The van der Waals surface area contributed by atoms with Gasteiger partial charge in [0.1, 0.15) is 5.75 Å². The maximum Gasteiger partial charge on any atom is 0.469 e. The van der Waals surface area contributed by atoms with Crippen molar-refractivity contribution in [2.45, 2.75) is 19.6 Å². The summed E-state index contributed by atoms with van der Waals surface area (Å²) in [7, 11) is -9.73. The van der Waals surface area contributed by atoms with Crippen LogP contribution in [0.1, 0.15) is 16.8 Å². The van der Waals surface area contributed by atoms with E-state index in [1.807, 2.05) is 0 Å². The lowest BCUT2D eigenvalue weighted by Crippen LogP contribution is -2.23. The van der Waals surface area contributed by atoms with Crippen molar-refractivity contribution in [2.24, 2.45) is 4.99 Å². The van der Waals surface area contributed by atoms with Gasteiger partial charge in [0.25, 0.3) is 0 Å². The van der Waals surface area contributed by atoms with Crippen molar-refractivity contribution in [3.05, 3.63) is 23.0 Å². The second kappa shape index (κ2) is 8.80. The monoisotopic (exact) mass is 414 g/mol. The Kier molecular flexibility index (Phi) is 7.57. The number of aromatic nitrogens is 1. The molecule has 0 fully saturated rings. The Balaban J connectivity index is 3.12. The first-order chi connectivity index (χ1) is 11.8. The van der Waals surface area contributed by atoms with Crippen LogP contribution in [0.4, 0.5) is 0 Å². The number of carboxylic acid groups (broad SMARTS) is 1. The van der Waals surface area contributed by atoms with Crippen molar-refractivity contribution in [3.8, 4) is 5.75 Å². The number of hydrogen-bond acceptors (Lipinski definition) is 8. The number of aryl methyl sites for hydroxylation is 1. The van der Waals surface area contributed by atoms with Gasteiger partial charge in [-0.3, -0.25) is 19.0 Å². The van der Waals surface area contributed by atoms with Gasteiger partial charge in [0.2, 0.25) is 0 Å². The summed E-state index contributed by atoms with van der Waals surface area (Å²) in [6.45, 7) is -0.204. The van der Waals surface area contributed by atoms with Crippen LogP contribution in [0.25, 0.3) is 0 Å². The average Bonchev–Trinajstić information content (AvgIpc) is 2.47. The molecule has 0 aliphatic heterocycles. The maximum absolute atomic E-state index is 11.1. The van der Waals surface area contributed by atoms with E-state index in [9.17, 15) is 19.0 Å². The van der Waals surface area contributed by atoms with Crippen LogP contribution in [0, 0.1) is 6.92 Å². The lowest BCUT2D eigenvalue weighted by molar-refractivity contribution is -0.139. The van der Waals surface area contributed by atoms with Crippen molar-refractivity contribution >= 4 is 27.8 Å². The van der Waals surface area contributed by atoms with Gasteiger partial charge in [0.05, 0.1) is 18.9 Å². The molecule has 0 aliphatic carbocycles. The van der Waals surface area contributed by atoms with Crippen molar-refractivity contribution in [1.29, 1.82) is 0 Å². The first kappa shape index (κ1) is 22.4. The van der Waals surface area contributed by atoms with E-state index >= 15 is 0 Å². The number of phosphoric acid groups is 2. The number of aliphatic imine (C=N–C) groups is 1. The lowest BCUT2D eigenvalue weighted by Gasteiger charge is -2.12. The molecular weight excluding hydrogens is 398 g/mol. The molecule has 1 heterocycles. The third-order valence-electron chi connectivity index (χ3n) is 2.82. The lowest BCUT2D eigenvalue weighted by atomic mass is 10.1.